The van der Waals surface area contributed by atoms with E-state index >= 15 is 0 Å². The Bertz CT molecular complexity index is 549. The van der Waals surface area contributed by atoms with Crippen LogP contribution in [0, 0.1) is 0 Å². The summed E-state index contributed by atoms with van der Waals surface area (Å²) in [6.45, 7) is 7.00. The van der Waals surface area contributed by atoms with Crippen LogP contribution < -0.4 is 5.32 Å². The lowest BCUT2D eigenvalue weighted by molar-refractivity contribution is 0.0906. The topological polar surface area (TPSA) is 34.0 Å². The lowest BCUT2D eigenvalue weighted by Crippen LogP contribution is -2.37. The highest BCUT2D eigenvalue weighted by molar-refractivity contribution is 5.92. The number of aromatic nitrogens is 1. The van der Waals surface area contributed by atoms with Crippen molar-refractivity contribution < 1.29 is 4.79 Å². The minimum Gasteiger partial charge on any atom is -0.312 e. The third kappa shape index (κ3) is 2.99. The van der Waals surface area contributed by atoms with Gasteiger partial charge in [0.2, 0.25) is 5.91 Å². The summed E-state index contributed by atoms with van der Waals surface area (Å²) in [7, 11) is 0. The molecule has 18 heavy (non-hydrogen) atoms. The van der Waals surface area contributed by atoms with Crippen LogP contribution in [0.15, 0.2) is 36.5 Å². The number of hydrogen-bond donors (Lipinski definition) is 1. The monoisotopic (exact) mass is 244 g/mol. The number of fused-ring (bicyclic) bond motifs is 1. The molecule has 3 nitrogen and oxygen atoms in total. The van der Waals surface area contributed by atoms with E-state index in [2.05, 4.69) is 26.1 Å². The van der Waals surface area contributed by atoms with E-state index < -0.39 is 0 Å². The van der Waals surface area contributed by atoms with Crippen LogP contribution in [0.2, 0.25) is 0 Å². The number of hydrogen-bond acceptors (Lipinski definition) is 2. The first kappa shape index (κ1) is 12.8. The van der Waals surface area contributed by atoms with Crippen LogP contribution in [-0.2, 0) is 0 Å². The first-order valence-corrected chi connectivity index (χ1v) is 6.32. The zero-order chi connectivity index (χ0) is 13.2. The Morgan fingerprint density at radius 2 is 1.94 bits per heavy atom. The second-order valence-corrected chi connectivity index (χ2v) is 5.57. The molecule has 0 saturated heterocycles. The average molecular weight is 244 g/mol. The molecule has 0 radical (unpaired) electrons. The second kappa shape index (κ2) is 4.94. The molecule has 0 aliphatic heterocycles. The van der Waals surface area contributed by atoms with Crippen LogP contribution in [0.3, 0.4) is 0 Å². The summed E-state index contributed by atoms with van der Waals surface area (Å²) in [5.74, 6) is 0.132. The van der Waals surface area contributed by atoms with E-state index in [4.69, 9.17) is 0 Å². The first-order valence-electron chi connectivity index (χ1n) is 6.32. The van der Waals surface area contributed by atoms with Crippen molar-refractivity contribution in [2.75, 3.05) is 6.54 Å². The highest BCUT2D eigenvalue weighted by Gasteiger charge is 2.11. The van der Waals surface area contributed by atoms with Crippen LogP contribution in [-0.4, -0.2) is 22.6 Å². The molecule has 1 heterocycles. The third-order valence-corrected chi connectivity index (χ3v) is 2.86. The SMILES string of the molecule is CC(C)(C)NCCC(=O)n1ccc2ccccc21. The van der Waals surface area contributed by atoms with Gasteiger partial charge >= 0.3 is 0 Å². The van der Waals surface area contributed by atoms with Crippen molar-refractivity contribution >= 4 is 16.8 Å². The van der Waals surface area contributed by atoms with Gasteiger partial charge in [0.15, 0.2) is 0 Å². The van der Waals surface area contributed by atoms with Gasteiger partial charge in [-0.1, -0.05) is 18.2 Å². The number of carbonyl (C=O) groups excluding carboxylic acids is 1. The minimum absolute atomic E-state index is 0.0546. The standard InChI is InChI=1S/C15H20N2O/c1-15(2,3)16-10-8-14(18)17-11-9-12-6-4-5-7-13(12)17/h4-7,9,11,16H,8,10H2,1-3H3. The molecular weight excluding hydrogens is 224 g/mol. The van der Waals surface area contributed by atoms with Crippen LogP contribution in [0.4, 0.5) is 0 Å². The van der Waals surface area contributed by atoms with Crippen molar-refractivity contribution in [3.8, 4) is 0 Å². The Kier molecular flexibility index (Phi) is 3.53. The van der Waals surface area contributed by atoms with Gasteiger partial charge in [-0.25, -0.2) is 0 Å². The number of rotatable bonds is 3. The van der Waals surface area contributed by atoms with Gasteiger partial charge in [0.25, 0.3) is 0 Å². The zero-order valence-electron chi connectivity index (χ0n) is 11.2. The number of benzene rings is 1. The molecule has 0 unspecified atom stereocenters. The molecule has 1 aromatic heterocycles. The van der Waals surface area contributed by atoms with Gasteiger partial charge in [-0.2, -0.15) is 0 Å². The number of nitrogens with one attached hydrogen (secondary N) is 1. The molecule has 0 aliphatic rings. The average Bonchev–Trinajstić information content (AvgIpc) is 2.70. The van der Waals surface area contributed by atoms with Crippen LogP contribution in [0.5, 0.6) is 0 Å². The molecule has 0 aliphatic carbocycles. The zero-order valence-corrected chi connectivity index (χ0v) is 11.2. The highest BCUT2D eigenvalue weighted by atomic mass is 16.2. The molecular formula is C15H20N2O. The molecule has 0 bridgehead atoms. The molecule has 1 N–H and O–H groups in total. The summed E-state index contributed by atoms with van der Waals surface area (Å²) in [5, 5.41) is 4.43. The summed E-state index contributed by atoms with van der Waals surface area (Å²) in [6, 6.07) is 9.92. The van der Waals surface area contributed by atoms with Crippen LogP contribution in [0.1, 0.15) is 32.0 Å². The maximum Gasteiger partial charge on any atom is 0.232 e. The Morgan fingerprint density at radius 3 is 2.67 bits per heavy atom. The Balaban J connectivity index is 2.05. The lowest BCUT2D eigenvalue weighted by Gasteiger charge is -2.20. The Hall–Kier alpha value is -1.61. The van der Waals surface area contributed by atoms with Gasteiger partial charge in [-0.15, -0.1) is 0 Å². The molecule has 0 saturated carbocycles. The van der Waals surface area contributed by atoms with E-state index in [1.807, 2.05) is 36.5 Å². The van der Waals surface area contributed by atoms with Gasteiger partial charge in [0.05, 0.1) is 5.52 Å². The van der Waals surface area contributed by atoms with E-state index in [1.54, 1.807) is 4.57 Å². The normalized spacial score (nSPS) is 11.9. The molecule has 0 spiro atoms. The van der Waals surface area contributed by atoms with Crippen molar-refractivity contribution in [2.24, 2.45) is 0 Å². The van der Waals surface area contributed by atoms with Crippen LogP contribution >= 0.6 is 0 Å². The predicted molar refractivity (Wildman–Crippen MR) is 74.9 cm³/mol. The van der Waals surface area contributed by atoms with Gasteiger partial charge in [0, 0.05) is 30.1 Å². The fourth-order valence-electron chi connectivity index (χ4n) is 1.97. The van der Waals surface area contributed by atoms with E-state index in [9.17, 15) is 4.79 Å². The van der Waals surface area contributed by atoms with Crippen molar-refractivity contribution in [2.45, 2.75) is 32.7 Å². The molecule has 0 fully saturated rings. The molecule has 0 atom stereocenters. The Labute approximate surface area is 108 Å². The fraction of sp³-hybridized carbons (Fsp3) is 0.400. The molecule has 96 valence electrons. The third-order valence-electron chi connectivity index (χ3n) is 2.86. The largest absolute Gasteiger partial charge is 0.312 e. The highest BCUT2D eigenvalue weighted by Crippen LogP contribution is 2.15. The maximum atomic E-state index is 12.1. The molecule has 2 aromatic rings. The molecule has 0 amide bonds. The van der Waals surface area contributed by atoms with E-state index in [1.165, 1.54) is 0 Å². The summed E-state index contributed by atoms with van der Waals surface area (Å²) >= 11 is 0. The van der Waals surface area contributed by atoms with Gasteiger partial charge in [0.1, 0.15) is 0 Å². The molecule has 3 heteroatoms. The fourth-order valence-corrected chi connectivity index (χ4v) is 1.97. The summed E-state index contributed by atoms with van der Waals surface area (Å²) < 4.78 is 1.74. The summed E-state index contributed by atoms with van der Waals surface area (Å²) in [5.41, 5.74) is 1.04. The number of carbonyl (C=O) groups is 1. The minimum atomic E-state index is 0.0546. The second-order valence-electron chi connectivity index (χ2n) is 5.57. The summed E-state index contributed by atoms with van der Waals surface area (Å²) in [4.78, 5) is 12.1. The quantitative estimate of drug-likeness (QED) is 0.900. The summed E-state index contributed by atoms with van der Waals surface area (Å²) in [6.07, 6.45) is 2.36. The van der Waals surface area contributed by atoms with Crippen molar-refractivity contribution in [1.82, 2.24) is 9.88 Å². The smallest absolute Gasteiger partial charge is 0.232 e. The predicted octanol–water partition coefficient (Wildman–Crippen LogP) is 3.06. The van der Waals surface area contributed by atoms with E-state index in [0.717, 1.165) is 10.9 Å². The number of nitrogens with zero attached hydrogens (tertiary/aromatic N) is 1. The van der Waals surface area contributed by atoms with E-state index in [-0.39, 0.29) is 11.4 Å². The molecule has 2 rings (SSSR count). The van der Waals surface area contributed by atoms with Gasteiger partial charge in [-0.05, 0) is 32.9 Å². The van der Waals surface area contributed by atoms with Crippen molar-refractivity contribution in [3.63, 3.8) is 0 Å². The van der Waals surface area contributed by atoms with Crippen molar-refractivity contribution in [3.05, 3.63) is 36.5 Å². The van der Waals surface area contributed by atoms with Crippen LogP contribution in [0.25, 0.3) is 10.9 Å². The molecule has 1 aromatic carbocycles. The number of para-hydroxylation sites is 1. The van der Waals surface area contributed by atoms with Crippen molar-refractivity contribution in [1.29, 1.82) is 0 Å². The van der Waals surface area contributed by atoms with Gasteiger partial charge in [-0.3, -0.25) is 9.36 Å². The lowest BCUT2D eigenvalue weighted by atomic mass is 10.1. The first-order chi connectivity index (χ1) is 8.47. The Morgan fingerprint density at radius 1 is 1.22 bits per heavy atom. The maximum absolute atomic E-state index is 12.1. The van der Waals surface area contributed by atoms with Gasteiger partial charge < -0.3 is 5.32 Å². The van der Waals surface area contributed by atoms with E-state index in [0.29, 0.717) is 13.0 Å².